The van der Waals surface area contributed by atoms with Crippen LogP contribution in [0.15, 0.2) is 34.3 Å². The van der Waals surface area contributed by atoms with Gasteiger partial charge in [-0.1, -0.05) is 11.2 Å². The van der Waals surface area contributed by atoms with Gasteiger partial charge in [-0.3, -0.25) is 14.4 Å². The van der Waals surface area contributed by atoms with Gasteiger partial charge in [0.15, 0.2) is 11.3 Å². The van der Waals surface area contributed by atoms with Crippen molar-refractivity contribution in [2.24, 2.45) is 5.16 Å². The third kappa shape index (κ3) is 6.34. The van der Waals surface area contributed by atoms with Crippen LogP contribution in [0.1, 0.15) is 72.5 Å². The molecule has 13 nitrogen and oxygen atoms in total. The van der Waals surface area contributed by atoms with Gasteiger partial charge in [-0.2, -0.15) is 0 Å². The predicted octanol–water partition coefficient (Wildman–Crippen LogP) is 3.30. The number of aromatic nitrogens is 1. The predicted molar refractivity (Wildman–Crippen MR) is 153 cm³/mol. The molecule has 242 valence electrons. The molecule has 1 spiro atoms. The van der Waals surface area contributed by atoms with Crippen molar-refractivity contribution in [1.82, 2.24) is 14.8 Å². The molecule has 45 heavy (non-hydrogen) atoms. The second-order valence-corrected chi connectivity index (χ2v) is 11.4. The number of ether oxygens (including phenoxy) is 4. The van der Waals surface area contributed by atoms with Crippen LogP contribution in [-0.2, 0) is 25.6 Å². The SMILES string of the molecule is COC[C@H](C)OC(=O)OCOc1c2n(cc(C(=O)NCc3ccc(F)cc3F)c1=O)[C@@H]1CN(C2=O)[C@@H](C)CC[C@]12CC(C)=NO2. The Hall–Kier alpha value is -4.53. The Morgan fingerprint density at radius 3 is 2.73 bits per heavy atom. The summed E-state index contributed by atoms with van der Waals surface area (Å²) in [4.78, 5) is 60.9. The van der Waals surface area contributed by atoms with Crippen LogP contribution >= 0.6 is 0 Å². The summed E-state index contributed by atoms with van der Waals surface area (Å²) in [7, 11) is 1.43. The van der Waals surface area contributed by atoms with Gasteiger partial charge in [0, 0.05) is 50.5 Å². The van der Waals surface area contributed by atoms with Gasteiger partial charge in [-0.25, -0.2) is 13.6 Å². The molecule has 15 heteroatoms. The summed E-state index contributed by atoms with van der Waals surface area (Å²) in [5.41, 5.74) is -1.67. The molecule has 3 aliphatic rings. The lowest BCUT2D eigenvalue weighted by Crippen LogP contribution is -2.52. The molecule has 1 fully saturated rings. The van der Waals surface area contributed by atoms with Gasteiger partial charge in [0.25, 0.3) is 11.8 Å². The fourth-order valence-electron chi connectivity index (χ4n) is 5.95. The molecule has 4 heterocycles. The Balaban J connectivity index is 1.53. The number of oxime groups is 1. The molecule has 1 aromatic heterocycles. The van der Waals surface area contributed by atoms with E-state index in [-0.39, 0.29) is 37.0 Å². The van der Waals surface area contributed by atoms with Crippen molar-refractivity contribution in [2.45, 2.75) is 70.4 Å². The normalized spacial score (nSPS) is 22.6. The average molecular weight is 633 g/mol. The topological polar surface area (TPSA) is 147 Å². The van der Waals surface area contributed by atoms with Gasteiger partial charge in [0.2, 0.25) is 18.0 Å². The van der Waals surface area contributed by atoms with E-state index in [0.29, 0.717) is 25.3 Å². The Bertz CT molecular complexity index is 1600. The highest BCUT2D eigenvalue weighted by molar-refractivity contribution is 5.99. The Morgan fingerprint density at radius 2 is 2.04 bits per heavy atom. The number of methoxy groups -OCH3 is 1. The molecule has 0 aliphatic carbocycles. The van der Waals surface area contributed by atoms with Crippen molar-refractivity contribution in [3.8, 4) is 5.75 Å². The number of hydrogen-bond acceptors (Lipinski definition) is 10. The standard InChI is InChI=1S/C30H34F2N4O9/c1-16-10-30(45-34-16)8-7-17(2)35-13-23(30)36-12-21(27(38)33-11-19-5-6-20(31)9-22(19)32)25(37)26(24(36)28(35)39)42-15-43-29(40)44-18(3)14-41-4/h5-6,9,12,17-18,23H,7-8,10-11,13-15H2,1-4H3,(H,33,38)/t17-,18-,23+,30-/m0/s1. The first-order chi connectivity index (χ1) is 21.4. The molecular weight excluding hydrogens is 598 g/mol. The highest BCUT2D eigenvalue weighted by Gasteiger charge is 2.54. The van der Waals surface area contributed by atoms with Gasteiger partial charge >= 0.3 is 6.16 Å². The minimum absolute atomic E-state index is 0.0107. The van der Waals surface area contributed by atoms with E-state index in [2.05, 4.69) is 10.5 Å². The number of carbonyl (C=O) groups is 3. The number of nitrogens with one attached hydrogen (secondary N) is 1. The van der Waals surface area contributed by atoms with Crippen molar-refractivity contribution < 1.29 is 46.9 Å². The van der Waals surface area contributed by atoms with Crippen molar-refractivity contribution in [3.63, 3.8) is 0 Å². The lowest BCUT2D eigenvalue weighted by molar-refractivity contribution is -0.0658. The molecule has 1 aromatic carbocycles. The summed E-state index contributed by atoms with van der Waals surface area (Å²) in [5.74, 6) is -3.60. The second kappa shape index (κ2) is 12.8. The molecule has 0 saturated carbocycles. The number of carbonyl (C=O) groups excluding carboxylic acids is 3. The summed E-state index contributed by atoms with van der Waals surface area (Å²) < 4.78 is 49.7. The van der Waals surface area contributed by atoms with Gasteiger partial charge in [-0.05, 0) is 39.7 Å². The largest absolute Gasteiger partial charge is 0.511 e. The van der Waals surface area contributed by atoms with E-state index < -0.39 is 70.9 Å². The van der Waals surface area contributed by atoms with E-state index in [1.807, 2.05) is 13.8 Å². The van der Waals surface area contributed by atoms with Crippen molar-refractivity contribution in [2.75, 3.05) is 27.1 Å². The highest BCUT2D eigenvalue weighted by atomic mass is 19.1. The maximum atomic E-state index is 14.2. The number of nitrogens with zero attached hydrogens (tertiary/aromatic N) is 3. The average Bonchev–Trinajstić information content (AvgIpc) is 3.32. The van der Waals surface area contributed by atoms with E-state index in [0.717, 1.165) is 11.8 Å². The number of amides is 2. The quantitative estimate of drug-likeness (QED) is 0.325. The van der Waals surface area contributed by atoms with Crippen LogP contribution in [-0.4, -0.2) is 77.9 Å². The van der Waals surface area contributed by atoms with Crippen LogP contribution < -0.4 is 15.5 Å². The molecule has 1 saturated heterocycles. The number of fused-ring (bicyclic) bond motifs is 5. The first-order valence-electron chi connectivity index (χ1n) is 14.4. The number of pyridine rings is 1. The smallest absolute Gasteiger partial charge is 0.451 e. The molecule has 2 aromatic rings. The molecule has 4 atom stereocenters. The monoisotopic (exact) mass is 632 g/mol. The Kier molecular flexibility index (Phi) is 9.09. The van der Waals surface area contributed by atoms with E-state index >= 15 is 0 Å². The molecule has 1 N–H and O–H groups in total. The zero-order valence-electron chi connectivity index (χ0n) is 25.3. The molecule has 3 aliphatic heterocycles. The fraction of sp³-hybridized carbons (Fsp3) is 0.500. The maximum Gasteiger partial charge on any atom is 0.511 e. The van der Waals surface area contributed by atoms with Crippen LogP contribution in [0.25, 0.3) is 0 Å². The minimum Gasteiger partial charge on any atom is -0.451 e. The summed E-state index contributed by atoms with van der Waals surface area (Å²) in [6.45, 7) is 4.45. The summed E-state index contributed by atoms with van der Waals surface area (Å²) in [6.07, 6.45) is 1.10. The third-order valence-corrected chi connectivity index (χ3v) is 8.20. The van der Waals surface area contributed by atoms with E-state index in [1.165, 1.54) is 23.9 Å². The van der Waals surface area contributed by atoms with E-state index in [9.17, 15) is 28.0 Å². The number of benzene rings is 1. The molecule has 2 bridgehead atoms. The molecule has 0 unspecified atom stereocenters. The van der Waals surface area contributed by atoms with Gasteiger partial charge in [0.1, 0.15) is 23.3 Å². The van der Waals surface area contributed by atoms with Crippen molar-refractivity contribution in [3.05, 3.63) is 63.1 Å². The van der Waals surface area contributed by atoms with Crippen LogP contribution in [0.5, 0.6) is 5.75 Å². The second-order valence-electron chi connectivity index (χ2n) is 11.4. The summed E-state index contributed by atoms with van der Waals surface area (Å²) in [5, 5.41) is 6.66. The zero-order chi connectivity index (χ0) is 32.5. The first-order valence-corrected chi connectivity index (χ1v) is 14.4. The number of halogens is 2. The molecule has 0 radical (unpaired) electrons. The zero-order valence-corrected chi connectivity index (χ0v) is 25.3. The fourth-order valence-corrected chi connectivity index (χ4v) is 5.95. The van der Waals surface area contributed by atoms with Gasteiger partial charge < -0.3 is 38.6 Å². The van der Waals surface area contributed by atoms with Gasteiger partial charge in [0.05, 0.1) is 18.4 Å². The summed E-state index contributed by atoms with van der Waals surface area (Å²) in [6, 6.07) is 2.09. The number of rotatable bonds is 9. The third-order valence-electron chi connectivity index (χ3n) is 8.20. The Labute approximate surface area is 257 Å². The van der Waals surface area contributed by atoms with Gasteiger partial charge in [-0.15, -0.1) is 0 Å². The van der Waals surface area contributed by atoms with Crippen LogP contribution in [0.3, 0.4) is 0 Å². The minimum atomic E-state index is -1.10. The van der Waals surface area contributed by atoms with Crippen molar-refractivity contribution >= 4 is 23.7 Å². The highest BCUT2D eigenvalue weighted by Crippen LogP contribution is 2.46. The Morgan fingerprint density at radius 1 is 1.27 bits per heavy atom. The molecular formula is C30H34F2N4O9. The van der Waals surface area contributed by atoms with Crippen LogP contribution in [0.4, 0.5) is 13.6 Å². The van der Waals surface area contributed by atoms with E-state index in [4.69, 9.17) is 23.8 Å². The maximum absolute atomic E-state index is 14.2. The van der Waals surface area contributed by atoms with Crippen LogP contribution in [0, 0.1) is 11.6 Å². The number of hydrogen-bond donors (Lipinski definition) is 1. The molecule has 5 rings (SSSR count). The van der Waals surface area contributed by atoms with E-state index in [1.54, 1.807) is 11.8 Å². The lowest BCUT2D eigenvalue weighted by atomic mass is 9.84. The summed E-state index contributed by atoms with van der Waals surface area (Å²) >= 11 is 0. The molecule has 2 amide bonds. The van der Waals surface area contributed by atoms with Crippen LogP contribution in [0.2, 0.25) is 0 Å². The lowest BCUT2D eigenvalue weighted by Gasteiger charge is -2.42. The first kappa shape index (κ1) is 31.9. The van der Waals surface area contributed by atoms with Crippen molar-refractivity contribution in [1.29, 1.82) is 0 Å².